The van der Waals surface area contributed by atoms with E-state index < -0.39 is 150 Å². The van der Waals surface area contributed by atoms with Crippen LogP contribution in [0.3, 0.4) is 0 Å². The van der Waals surface area contributed by atoms with E-state index >= 15 is 19.2 Å². The number of aromatic amines is 3. The van der Waals surface area contributed by atoms with Crippen LogP contribution >= 0.6 is 23.5 Å². The van der Waals surface area contributed by atoms with E-state index in [1.807, 2.05) is 24.3 Å². The molecule has 6 heterocycles. The minimum absolute atomic E-state index is 0.0204. The van der Waals surface area contributed by atoms with Crippen LogP contribution in [-0.4, -0.2) is 186 Å². The Morgan fingerprint density at radius 1 is 0.614 bits per heavy atom. The van der Waals surface area contributed by atoms with Crippen molar-refractivity contribution in [2.24, 2.45) is 11.5 Å². The molecule has 9 atom stereocenters. The van der Waals surface area contributed by atoms with E-state index in [4.69, 9.17) is 11.5 Å². The maximum absolute atomic E-state index is 15.5. The molecule has 534 valence electrons. The third kappa shape index (κ3) is 19.4. The van der Waals surface area contributed by atoms with E-state index in [2.05, 4.69) is 57.2 Å². The van der Waals surface area contributed by atoms with Gasteiger partial charge in [-0.25, -0.2) is 13.8 Å². The van der Waals surface area contributed by atoms with Crippen LogP contribution in [-0.2, 0) is 83.5 Å². The molecule has 1 unspecified atom stereocenters. The lowest BCUT2D eigenvalue weighted by molar-refractivity contribution is -0.148. The number of carbonyl (C=O) groups excluding carboxylic acids is 10. The fourth-order valence-electron chi connectivity index (χ4n) is 13.1. The van der Waals surface area contributed by atoms with E-state index in [0.29, 0.717) is 76.3 Å². The monoisotopic (exact) mass is 1430 g/mol. The highest BCUT2D eigenvalue weighted by Crippen LogP contribution is 2.37. The smallest absolute Gasteiger partial charge is 0.305 e. The van der Waals surface area contributed by atoms with Crippen molar-refractivity contribution in [2.75, 3.05) is 37.7 Å². The number of aromatic nitrogens is 4. The number of imidazole rings is 1. The molecule has 3 aliphatic rings. The van der Waals surface area contributed by atoms with Crippen molar-refractivity contribution in [1.29, 1.82) is 0 Å². The summed E-state index contributed by atoms with van der Waals surface area (Å²) < 4.78 is 29.9. The fraction of sp³-hybridized carbons (Fsp3) is 0.400. The number of benzene rings is 4. The van der Waals surface area contributed by atoms with Crippen molar-refractivity contribution >= 4 is 110 Å². The number of halogens is 2. The number of fused-ring (bicyclic) bond motifs is 6. The van der Waals surface area contributed by atoms with Gasteiger partial charge in [-0.05, 0) is 109 Å². The summed E-state index contributed by atoms with van der Waals surface area (Å²) in [7, 11) is 0. The highest BCUT2D eigenvalue weighted by molar-refractivity contribution is 7.98. The summed E-state index contributed by atoms with van der Waals surface area (Å²) in [4.78, 5) is 174. The number of nitrogens with two attached hydrogens (primary N) is 2. The fourth-order valence-corrected chi connectivity index (χ4v) is 15.0. The lowest BCUT2D eigenvalue weighted by Crippen LogP contribution is -2.61. The van der Waals surface area contributed by atoms with Gasteiger partial charge in [-0.3, -0.25) is 52.7 Å². The number of aliphatic carboxylic acids is 1. The molecular formula is C70H81F2N15O12S2. The number of unbranched alkanes of at least 4 members (excludes halogenated alkanes) is 1. The maximum Gasteiger partial charge on any atom is 0.305 e. The molecule has 0 spiro atoms. The first kappa shape index (κ1) is 73.6. The number of hydrogen-bond donors (Lipinski definition) is 13. The summed E-state index contributed by atoms with van der Waals surface area (Å²) in [5, 5.41) is 29.5. The second-order valence-corrected chi connectivity index (χ2v) is 27.4. The molecule has 7 aromatic rings. The van der Waals surface area contributed by atoms with Gasteiger partial charge in [-0.1, -0.05) is 54.6 Å². The van der Waals surface area contributed by atoms with Crippen LogP contribution in [0.4, 0.5) is 8.78 Å². The average Bonchev–Trinajstić information content (AvgIpc) is 1.65. The largest absolute Gasteiger partial charge is 0.481 e. The molecule has 15 N–H and O–H groups in total. The van der Waals surface area contributed by atoms with Gasteiger partial charge in [-0.2, -0.15) is 23.5 Å². The van der Waals surface area contributed by atoms with Crippen LogP contribution in [0.2, 0.25) is 0 Å². The van der Waals surface area contributed by atoms with E-state index in [1.54, 1.807) is 30.3 Å². The van der Waals surface area contributed by atoms with Crippen molar-refractivity contribution in [1.82, 2.24) is 67.0 Å². The second kappa shape index (κ2) is 34.8. The number of nitrogens with one attached hydrogen (secondary N) is 10. The highest BCUT2D eigenvalue weighted by Gasteiger charge is 2.49. The molecule has 2 bridgehead atoms. The number of H-pyrrole nitrogens is 3. The van der Waals surface area contributed by atoms with E-state index in [-0.39, 0.29) is 68.3 Å². The standard InChI is InChI=1S/C70H81F2N15O12S2/c71-44-14-16-50-48(27-44)42(31-76-50)25-53-65(94)82-54(26-43-32-77-51-17-15-45(72)28-49(43)51)66(95)83-55(30-61(90)91)67(96)84-56(29-46-33-75-38-79-46)69(98)87-22-18-47(41-10-2-1-3-11-41)62(87)70(99)86-21-7-13-58(86)68(97)85-57(63(74)92)37-101-36-40-9-6-8-39(24-40)35-100-23-19-59(88)80-52(12-4-5-20-73)64(93)78-34-60(89)81-53/h1-3,6,8-11,14-17,24,27-28,31-33,38,47,52-58,62,76-77H,4-5,7,12-13,18-23,25-26,29-30,34-37,73H2,(H2,74,92)(H,75,79)(H,78,93)(H,80,88)(H,81,89)(H,82,94)(H,83,95)(H,84,96)(H,85,97)(H,90,91)/t47-,52-,53-,54?,55-,56-,57-,58-,62-/m0/s1. The third-order valence-electron chi connectivity index (χ3n) is 18.2. The number of carbonyl (C=O) groups is 11. The van der Waals surface area contributed by atoms with Crippen molar-refractivity contribution in [3.05, 3.63) is 161 Å². The lowest BCUT2D eigenvalue weighted by Gasteiger charge is -2.35. The molecule has 0 aliphatic carbocycles. The van der Waals surface area contributed by atoms with Crippen molar-refractivity contribution in [3.8, 4) is 0 Å². The van der Waals surface area contributed by atoms with Crippen molar-refractivity contribution in [2.45, 2.75) is 136 Å². The van der Waals surface area contributed by atoms with Crippen molar-refractivity contribution in [3.63, 3.8) is 0 Å². The molecule has 10 amide bonds. The molecule has 10 rings (SSSR count). The normalized spacial score (nSPS) is 23.4. The number of carboxylic acid groups (broad SMARTS) is 1. The van der Waals surface area contributed by atoms with Crippen LogP contribution in [0.15, 0.2) is 116 Å². The van der Waals surface area contributed by atoms with Crippen molar-refractivity contribution < 1.29 is 66.6 Å². The van der Waals surface area contributed by atoms with Gasteiger partial charge in [-0.15, -0.1) is 0 Å². The van der Waals surface area contributed by atoms with Gasteiger partial charge in [0.15, 0.2) is 0 Å². The highest BCUT2D eigenvalue weighted by atomic mass is 32.2. The van der Waals surface area contributed by atoms with Gasteiger partial charge in [0.25, 0.3) is 0 Å². The molecule has 31 heteroatoms. The Kier molecular flexibility index (Phi) is 25.3. The Morgan fingerprint density at radius 2 is 1.25 bits per heavy atom. The van der Waals surface area contributed by atoms with Gasteiger partial charge in [0.1, 0.15) is 60.0 Å². The van der Waals surface area contributed by atoms with E-state index in [9.17, 15) is 47.4 Å². The van der Waals surface area contributed by atoms with Gasteiger partial charge >= 0.3 is 5.97 Å². The number of carboxylic acids is 1. The SMILES string of the molecule is NCCCC[C@@H]1NC(=O)CCSCc2cccc(c2)CSC[C@@H](C(N)=O)NC(=O)[C@@H]2CCCN2C(=O)[C@@H]2[C@H](c3ccccc3)CCN2C(=O)[C@H](Cc2cnc[nH]2)NC(=O)[C@H](CC(=O)O)NC(=O)C(Cc2c[nH]c3ccc(F)cc23)NC(=O)[C@H](Cc2c[nH]c3ccc(F)cc23)NC(=O)CNC1=O. The van der Waals surface area contributed by atoms with Crippen LogP contribution in [0, 0.1) is 11.6 Å². The number of hydrogen-bond acceptors (Lipinski definition) is 15. The minimum Gasteiger partial charge on any atom is -0.481 e. The molecular weight excluding hydrogens is 1340 g/mol. The Hall–Kier alpha value is -10.1. The summed E-state index contributed by atoms with van der Waals surface area (Å²) in [5.41, 5.74) is 16.0. The van der Waals surface area contributed by atoms with Crippen LogP contribution < -0.4 is 48.7 Å². The molecule has 2 saturated heterocycles. The van der Waals surface area contributed by atoms with Gasteiger partial charge in [0, 0.05) is 114 Å². The maximum atomic E-state index is 15.5. The first-order valence-electron chi connectivity index (χ1n) is 33.4. The minimum atomic E-state index is -2.01. The Balaban J connectivity index is 0.988. The zero-order chi connectivity index (χ0) is 71.7. The lowest BCUT2D eigenvalue weighted by atomic mass is 9.90. The first-order chi connectivity index (χ1) is 48.7. The Labute approximate surface area is 587 Å². The topological polar surface area (TPSA) is 411 Å². The quantitative estimate of drug-likeness (QED) is 0.0696. The Bertz CT molecular complexity index is 4160. The predicted molar refractivity (Wildman–Crippen MR) is 373 cm³/mol. The molecule has 3 aliphatic heterocycles. The molecule has 2 fully saturated rings. The predicted octanol–water partition coefficient (Wildman–Crippen LogP) is 2.74. The molecule has 0 radical (unpaired) electrons. The van der Waals surface area contributed by atoms with Crippen LogP contribution in [0.5, 0.6) is 0 Å². The van der Waals surface area contributed by atoms with E-state index in [1.165, 1.54) is 94.6 Å². The summed E-state index contributed by atoms with van der Waals surface area (Å²) in [6, 6.07) is 12.7. The average molecular weight is 1430 g/mol. The summed E-state index contributed by atoms with van der Waals surface area (Å²) in [5.74, 6) is -10.4. The first-order valence-corrected chi connectivity index (χ1v) is 35.7. The number of thioether (sulfide) groups is 2. The van der Waals surface area contributed by atoms with Crippen LogP contribution in [0.1, 0.15) is 90.8 Å². The third-order valence-corrected chi connectivity index (χ3v) is 20.3. The summed E-state index contributed by atoms with van der Waals surface area (Å²) in [6.45, 7) is -0.358. The van der Waals surface area contributed by atoms with Gasteiger partial charge in [0.2, 0.25) is 59.1 Å². The Morgan fingerprint density at radius 3 is 1.89 bits per heavy atom. The second-order valence-electron chi connectivity index (χ2n) is 25.3. The zero-order valence-electron chi connectivity index (χ0n) is 55.1. The molecule has 101 heavy (non-hydrogen) atoms. The number of rotatable bonds is 14. The number of amides is 10. The zero-order valence-corrected chi connectivity index (χ0v) is 56.7. The molecule has 3 aromatic heterocycles. The molecule has 27 nitrogen and oxygen atoms in total. The van der Waals surface area contributed by atoms with Gasteiger partial charge in [0.05, 0.1) is 19.3 Å². The van der Waals surface area contributed by atoms with Gasteiger partial charge < -0.3 is 78.5 Å². The summed E-state index contributed by atoms with van der Waals surface area (Å²) >= 11 is 2.83. The number of nitrogens with zero attached hydrogens (tertiary/aromatic N) is 3. The molecule has 4 aromatic carbocycles. The van der Waals surface area contributed by atoms with E-state index in [0.717, 1.165) is 11.1 Å². The number of primary amides is 1. The van der Waals surface area contributed by atoms with Crippen LogP contribution in [0.25, 0.3) is 21.8 Å². The molecule has 0 saturated carbocycles. The summed E-state index contributed by atoms with van der Waals surface area (Å²) in [6.07, 6.45) is 5.40.